The van der Waals surface area contributed by atoms with Crippen molar-refractivity contribution in [1.29, 1.82) is 0 Å². The van der Waals surface area contributed by atoms with Crippen molar-refractivity contribution in [3.05, 3.63) is 46.3 Å². The normalized spacial score (nSPS) is 16.0. The first-order chi connectivity index (χ1) is 11.5. The Morgan fingerprint density at radius 3 is 2.83 bits per heavy atom. The molecule has 1 saturated heterocycles. The Balaban J connectivity index is 1.97. The minimum atomic E-state index is -0.248. The summed E-state index contributed by atoms with van der Waals surface area (Å²) >= 11 is 8.77. The van der Waals surface area contributed by atoms with Crippen LogP contribution in [-0.4, -0.2) is 27.9 Å². The lowest BCUT2D eigenvalue weighted by Gasteiger charge is -2.17. The van der Waals surface area contributed by atoms with Gasteiger partial charge in [-0.2, -0.15) is 5.10 Å². The fourth-order valence-electron chi connectivity index (χ4n) is 2.38. The second-order valence-corrected chi connectivity index (χ2v) is 6.26. The van der Waals surface area contributed by atoms with Crippen LogP contribution >= 0.6 is 28.1 Å². The van der Waals surface area contributed by atoms with Crippen molar-refractivity contribution in [2.45, 2.75) is 13.5 Å². The Labute approximate surface area is 153 Å². The van der Waals surface area contributed by atoms with E-state index >= 15 is 0 Å². The fraction of sp³-hybridized carbons (Fsp3) is 0.188. The number of methoxy groups -OCH3 is 1. The van der Waals surface area contributed by atoms with E-state index < -0.39 is 0 Å². The molecule has 124 valence electrons. The van der Waals surface area contributed by atoms with Gasteiger partial charge in [-0.1, -0.05) is 12.1 Å². The van der Waals surface area contributed by atoms with E-state index in [1.54, 1.807) is 30.0 Å². The molecule has 2 aromatic rings. The van der Waals surface area contributed by atoms with Crippen LogP contribution in [0.15, 0.2) is 40.6 Å². The predicted octanol–water partition coefficient (Wildman–Crippen LogP) is 2.94. The number of hydrogen-bond donors (Lipinski definition) is 1. The molecular formula is C16H15BrN4O2S. The molecule has 1 N–H and O–H groups in total. The van der Waals surface area contributed by atoms with Gasteiger partial charge >= 0.3 is 0 Å². The number of thiocarbonyl (C=S) groups is 1. The lowest BCUT2D eigenvalue weighted by molar-refractivity contribution is -0.113. The highest BCUT2D eigenvalue weighted by Crippen LogP contribution is 2.31. The number of halogens is 1. The number of nitrogens with zero attached hydrogens (tertiary/aromatic N) is 3. The second-order valence-electron chi connectivity index (χ2n) is 5.02. The topological polar surface area (TPSA) is 59.4 Å². The molecule has 1 fully saturated rings. The average molecular weight is 407 g/mol. The third kappa shape index (κ3) is 2.94. The highest BCUT2D eigenvalue weighted by molar-refractivity contribution is 9.10. The number of hydrogen-bond acceptors (Lipinski definition) is 4. The molecule has 0 aliphatic carbocycles. The minimum absolute atomic E-state index is 0.248. The molecule has 1 amide bonds. The summed E-state index contributed by atoms with van der Waals surface area (Å²) in [4.78, 5) is 14.2. The van der Waals surface area contributed by atoms with Gasteiger partial charge in [0, 0.05) is 12.7 Å². The summed E-state index contributed by atoms with van der Waals surface area (Å²) in [5.41, 5.74) is 1.63. The largest absolute Gasteiger partial charge is 0.495 e. The predicted molar refractivity (Wildman–Crippen MR) is 99.8 cm³/mol. The fourth-order valence-corrected chi connectivity index (χ4v) is 3.10. The number of aromatic nitrogens is 2. The van der Waals surface area contributed by atoms with Crippen LogP contribution in [0.5, 0.6) is 5.75 Å². The van der Waals surface area contributed by atoms with E-state index in [0.717, 1.165) is 11.0 Å². The summed E-state index contributed by atoms with van der Waals surface area (Å²) in [6.45, 7) is 2.74. The third-order valence-corrected chi connectivity index (χ3v) is 4.45. The first-order valence-electron chi connectivity index (χ1n) is 7.28. The van der Waals surface area contributed by atoms with Gasteiger partial charge in [0.2, 0.25) is 0 Å². The maximum Gasteiger partial charge on any atom is 0.281 e. The third-order valence-electron chi connectivity index (χ3n) is 3.55. The molecule has 1 aliphatic heterocycles. The number of carbonyl (C=O) groups excluding carboxylic acids is 1. The van der Waals surface area contributed by atoms with Gasteiger partial charge in [-0.15, -0.1) is 0 Å². The summed E-state index contributed by atoms with van der Waals surface area (Å²) in [7, 11) is 1.56. The van der Waals surface area contributed by atoms with Gasteiger partial charge < -0.3 is 10.1 Å². The number of rotatable bonds is 4. The van der Waals surface area contributed by atoms with Gasteiger partial charge in [-0.05, 0) is 53.3 Å². The summed E-state index contributed by atoms with van der Waals surface area (Å²) in [6, 6.07) is 7.24. The number of benzene rings is 1. The van der Waals surface area contributed by atoms with Crippen LogP contribution in [0, 0.1) is 0 Å². The van der Waals surface area contributed by atoms with Crippen LogP contribution < -0.4 is 15.0 Å². The van der Waals surface area contributed by atoms with Gasteiger partial charge in [-0.25, -0.2) is 4.90 Å². The van der Waals surface area contributed by atoms with Crippen molar-refractivity contribution in [2.24, 2.45) is 0 Å². The molecule has 8 heteroatoms. The van der Waals surface area contributed by atoms with Crippen LogP contribution in [0.4, 0.5) is 5.69 Å². The van der Waals surface area contributed by atoms with E-state index in [1.165, 1.54) is 4.90 Å². The lowest BCUT2D eigenvalue weighted by atomic mass is 10.2. The summed E-state index contributed by atoms with van der Waals surface area (Å²) in [5.74, 6) is 0.329. The molecule has 0 spiro atoms. The van der Waals surface area contributed by atoms with Gasteiger partial charge in [0.15, 0.2) is 5.11 Å². The van der Waals surface area contributed by atoms with Crippen LogP contribution in [0.3, 0.4) is 0 Å². The number of ether oxygens (including phenoxy) is 1. The quantitative estimate of drug-likeness (QED) is 0.624. The lowest BCUT2D eigenvalue weighted by Crippen LogP contribution is -2.30. The molecule has 6 nitrogen and oxygen atoms in total. The van der Waals surface area contributed by atoms with Crippen molar-refractivity contribution in [3.63, 3.8) is 0 Å². The van der Waals surface area contributed by atoms with Crippen molar-refractivity contribution >= 4 is 50.9 Å². The molecule has 0 atom stereocenters. The van der Waals surface area contributed by atoms with E-state index in [9.17, 15) is 4.79 Å². The van der Waals surface area contributed by atoms with E-state index in [0.29, 0.717) is 27.9 Å². The summed E-state index contributed by atoms with van der Waals surface area (Å²) in [6.07, 6.45) is 3.54. The number of aryl methyl sites for hydroxylation is 1. The van der Waals surface area contributed by atoms with E-state index in [4.69, 9.17) is 17.0 Å². The molecule has 2 heterocycles. The first-order valence-corrected chi connectivity index (χ1v) is 8.48. The zero-order chi connectivity index (χ0) is 17.3. The molecule has 1 aliphatic rings. The number of anilines is 1. The number of carbonyl (C=O) groups is 1. The SMILES string of the molecule is CCn1cc(Br)c(/C=C2/NC(=S)N(c3ccccc3OC)C2=O)n1. The highest BCUT2D eigenvalue weighted by Gasteiger charge is 2.33. The molecule has 24 heavy (non-hydrogen) atoms. The minimum Gasteiger partial charge on any atom is -0.495 e. The Kier molecular flexibility index (Phi) is 4.68. The molecule has 1 aromatic carbocycles. The van der Waals surface area contributed by atoms with Crippen LogP contribution in [-0.2, 0) is 11.3 Å². The molecule has 0 unspecified atom stereocenters. The molecule has 3 rings (SSSR count). The number of para-hydroxylation sites is 2. The van der Waals surface area contributed by atoms with Gasteiger partial charge in [0.25, 0.3) is 5.91 Å². The first kappa shape index (κ1) is 16.7. The van der Waals surface area contributed by atoms with Crippen LogP contribution in [0.1, 0.15) is 12.6 Å². The Bertz CT molecular complexity index is 846. The zero-order valence-electron chi connectivity index (χ0n) is 13.1. The average Bonchev–Trinajstić information content (AvgIpc) is 3.07. The Morgan fingerprint density at radius 1 is 1.42 bits per heavy atom. The van der Waals surface area contributed by atoms with Crippen LogP contribution in [0.25, 0.3) is 6.08 Å². The van der Waals surface area contributed by atoms with Crippen molar-refractivity contribution in [1.82, 2.24) is 15.1 Å². The van der Waals surface area contributed by atoms with Gasteiger partial charge in [0.1, 0.15) is 17.1 Å². The van der Waals surface area contributed by atoms with Crippen molar-refractivity contribution in [2.75, 3.05) is 12.0 Å². The second kappa shape index (κ2) is 6.74. The van der Waals surface area contributed by atoms with Gasteiger partial charge in [0.05, 0.1) is 17.3 Å². The van der Waals surface area contributed by atoms with Gasteiger partial charge in [-0.3, -0.25) is 9.48 Å². The number of nitrogens with one attached hydrogen (secondary N) is 1. The standard InChI is InChI=1S/C16H15BrN4O2S/c1-3-20-9-10(17)11(19-20)8-12-15(22)21(16(24)18-12)13-6-4-5-7-14(13)23-2/h4-9H,3H2,1-2H3,(H,18,24)/b12-8+. The molecule has 0 saturated carbocycles. The summed E-state index contributed by atoms with van der Waals surface area (Å²) in [5, 5.41) is 7.65. The van der Waals surface area contributed by atoms with Crippen molar-refractivity contribution in [3.8, 4) is 5.75 Å². The molecule has 1 aromatic heterocycles. The monoisotopic (exact) mass is 406 g/mol. The number of amides is 1. The van der Waals surface area contributed by atoms with E-state index in [1.807, 2.05) is 25.3 Å². The molecule has 0 radical (unpaired) electrons. The molecular weight excluding hydrogens is 392 g/mol. The maximum absolute atomic E-state index is 12.8. The smallest absolute Gasteiger partial charge is 0.281 e. The van der Waals surface area contributed by atoms with E-state index in [-0.39, 0.29) is 5.91 Å². The molecule has 0 bridgehead atoms. The zero-order valence-corrected chi connectivity index (χ0v) is 15.5. The highest BCUT2D eigenvalue weighted by atomic mass is 79.9. The summed E-state index contributed by atoms with van der Waals surface area (Å²) < 4.78 is 7.92. The van der Waals surface area contributed by atoms with Crippen LogP contribution in [0.2, 0.25) is 0 Å². The van der Waals surface area contributed by atoms with E-state index in [2.05, 4.69) is 26.3 Å². The Hall–Kier alpha value is -2.19. The Morgan fingerprint density at radius 2 is 2.17 bits per heavy atom. The van der Waals surface area contributed by atoms with Crippen molar-refractivity contribution < 1.29 is 9.53 Å². The maximum atomic E-state index is 12.8.